The summed E-state index contributed by atoms with van der Waals surface area (Å²) in [6.45, 7) is 5.76. The molecule has 0 N–H and O–H groups in total. The Balaban J connectivity index is 1.79. The summed E-state index contributed by atoms with van der Waals surface area (Å²) in [5, 5.41) is 4.09. The highest BCUT2D eigenvalue weighted by Gasteiger charge is 2.25. The molecule has 0 amide bonds. The van der Waals surface area contributed by atoms with Crippen LogP contribution < -0.4 is 0 Å². The van der Waals surface area contributed by atoms with Gasteiger partial charge in [-0.15, -0.1) is 0 Å². The molecule has 3 aromatic heterocycles. The van der Waals surface area contributed by atoms with E-state index in [2.05, 4.69) is 20.8 Å². The number of halogens is 1. The monoisotopic (exact) mass is 412 g/mol. The van der Waals surface area contributed by atoms with Crippen LogP contribution in [0.4, 0.5) is 4.39 Å². The Labute approximate surface area is 179 Å². The van der Waals surface area contributed by atoms with Crippen LogP contribution in [0.5, 0.6) is 0 Å². The molecule has 0 unspecified atom stereocenters. The van der Waals surface area contributed by atoms with Crippen LogP contribution in [0, 0.1) is 26.6 Å². The molecule has 5 nitrogen and oxygen atoms in total. The van der Waals surface area contributed by atoms with Crippen molar-refractivity contribution in [2.45, 2.75) is 26.8 Å². The van der Waals surface area contributed by atoms with Crippen molar-refractivity contribution in [2.75, 3.05) is 0 Å². The van der Waals surface area contributed by atoms with E-state index < -0.39 is 6.04 Å². The molecule has 5 rings (SSSR count). The Bertz CT molecular complexity index is 1370. The van der Waals surface area contributed by atoms with E-state index >= 15 is 0 Å². The maximum Gasteiger partial charge on any atom is 0.147 e. The van der Waals surface area contributed by atoms with Crippen molar-refractivity contribution in [3.8, 4) is 11.1 Å². The zero-order valence-corrected chi connectivity index (χ0v) is 17.5. The molecule has 0 aliphatic carbocycles. The van der Waals surface area contributed by atoms with Crippen LogP contribution in [0.1, 0.15) is 34.6 Å². The first-order valence-corrected chi connectivity index (χ1v) is 10.1. The SMILES string of the molecule is Cc1noc(C)c1-c1ccc2nc(C)n([C@H](c3ccccc3)c3ncccc3F)c2c1. The van der Waals surface area contributed by atoms with Crippen LogP contribution >= 0.6 is 0 Å². The van der Waals surface area contributed by atoms with E-state index in [1.165, 1.54) is 6.07 Å². The number of fused-ring (bicyclic) bond motifs is 1. The summed E-state index contributed by atoms with van der Waals surface area (Å²) in [5.74, 6) is 1.19. The second kappa shape index (κ2) is 7.47. The Hall–Kier alpha value is -3.80. The molecule has 0 spiro atoms. The second-order valence-electron chi connectivity index (χ2n) is 7.62. The van der Waals surface area contributed by atoms with Crippen LogP contribution in [-0.2, 0) is 0 Å². The minimum atomic E-state index is -0.452. The maximum absolute atomic E-state index is 14.9. The van der Waals surface area contributed by atoms with Gasteiger partial charge >= 0.3 is 0 Å². The number of benzene rings is 2. The number of rotatable bonds is 4. The van der Waals surface area contributed by atoms with E-state index in [4.69, 9.17) is 9.51 Å². The Morgan fingerprint density at radius 1 is 0.968 bits per heavy atom. The fourth-order valence-electron chi connectivity index (χ4n) is 4.25. The lowest BCUT2D eigenvalue weighted by atomic mass is 10.0. The molecule has 0 saturated carbocycles. The molecule has 0 aliphatic rings. The maximum atomic E-state index is 14.9. The summed E-state index contributed by atoms with van der Waals surface area (Å²) < 4.78 is 22.4. The van der Waals surface area contributed by atoms with Crippen molar-refractivity contribution in [3.05, 3.63) is 101 Å². The lowest BCUT2D eigenvalue weighted by Gasteiger charge is -2.22. The number of pyridine rings is 1. The van der Waals surface area contributed by atoms with Crippen LogP contribution in [0.2, 0.25) is 0 Å². The van der Waals surface area contributed by atoms with Gasteiger partial charge in [0.1, 0.15) is 29.1 Å². The molecule has 2 aromatic carbocycles. The van der Waals surface area contributed by atoms with Gasteiger partial charge < -0.3 is 9.09 Å². The smallest absolute Gasteiger partial charge is 0.147 e. The molecule has 1 atom stereocenters. The van der Waals surface area contributed by atoms with Gasteiger partial charge in [0, 0.05) is 11.8 Å². The van der Waals surface area contributed by atoms with Crippen LogP contribution in [-0.4, -0.2) is 19.7 Å². The Morgan fingerprint density at radius 2 is 1.77 bits per heavy atom. The van der Waals surface area contributed by atoms with E-state index in [0.29, 0.717) is 5.69 Å². The molecule has 0 fully saturated rings. The van der Waals surface area contributed by atoms with Crippen molar-refractivity contribution >= 4 is 11.0 Å². The summed E-state index contributed by atoms with van der Waals surface area (Å²) in [7, 11) is 0. The quantitative estimate of drug-likeness (QED) is 0.375. The van der Waals surface area contributed by atoms with Crippen molar-refractivity contribution < 1.29 is 8.91 Å². The molecular formula is C25H21FN4O. The highest BCUT2D eigenvalue weighted by atomic mass is 19.1. The van der Waals surface area contributed by atoms with E-state index in [1.807, 2.05) is 63.2 Å². The second-order valence-corrected chi connectivity index (χ2v) is 7.62. The van der Waals surface area contributed by atoms with Crippen LogP contribution in [0.15, 0.2) is 71.4 Å². The van der Waals surface area contributed by atoms with E-state index in [9.17, 15) is 4.39 Å². The number of nitrogens with zero attached hydrogens (tertiary/aromatic N) is 4. The molecule has 0 radical (unpaired) electrons. The van der Waals surface area contributed by atoms with Gasteiger partial charge in [0.25, 0.3) is 0 Å². The van der Waals surface area contributed by atoms with Gasteiger partial charge in [0.15, 0.2) is 0 Å². The van der Waals surface area contributed by atoms with Crippen molar-refractivity contribution in [1.82, 2.24) is 19.7 Å². The summed E-state index contributed by atoms with van der Waals surface area (Å²) in [6, 6.07) is 18.5. The van der Waals surface area contributed by atoms with Gasteiger partial charge in [-0.05, 0) is 56.2 Å². The molecule has 5 aromatic rings. The Morgan fingerprint density at radius 3 is 2.48 bits per heavy atom. The number of hydrogen-bond acceptors (Lipinski definition) is 4. The normalized spacial score (nSPS) is 12.4. The number of aromatic nitrogens is 4. The predicted molar refractivity (Wildman–Crippen MR) is 117 cm³/mol. The van der Waals surface area contributed by atoms with E-state index in [1.54, 1.807) is 12.3 Å². The van der Waals surface area contributed by atoms with Gasteiger partial charge in [0.05, 0.1) is 16.7 Å². The minimum Gasteiger partial charge on any atom is -0.361 e. The summed E-state index contributed by atoms with van der Waals surface area (Å²) >= 11 is 0. The first-order chi connectivity index (χ1) is 15.0. The van der Waals surface area contributed by atoms with Gasteiger partial charge in [-0.1, -0.05) is 41.6 Å². The third-order valence-electron chi connectivity index (χ3n) is 5.61. The Kier molecular flexibility index (Phi) is 4.62. The van der Waals surface area contributed by atoms with Crippen LogP contribution in [0.3, 0.4) is 0 Å². The lowest BCUT2D eigenvalue weighted by molar-refractivity contribution is 0.393. The summed E-state index contributed by atoms with van der Waals surface area (Å²) in [6.07, 6.45) is 1.62. The third-order valence-corrected chi connectivity index (χ3v) is 5.61. The van der Waals surface area contributed by atoms with E-state index in [-0.39, 0.29) is 5.82 Å². The first-order valence-electron chi connectivity index (χ1n) is 10.1. The average molecular weight is 412 g/mol. The average Bonchev–Trinajstić information content (AvgIpc) is 3.28. The molecule has 0 saturated heterocycles. The fraction of sp³-hybridized carbons (Fsp3) is 0.160. The molecule has 31 heavy (non-hydrogen) atoms. The number of imidazole rings is 1. The molecule has 6 heteroatoms. The third kappa shape index (κ3) is 3.20. The van der Waals surface area contributed by atoms with Crippen molar-refractivity contribution in [3.63, 3.8) is 0 Å². The van der Waals surface area contributed by atoms with Gasteiger partial charge in [-0.25, -0.2) is 9.37 Å². The van der Waals surface area contributed by atoms with E-state index in [0.717, 1.165) is 45.0 Å². The molecule has 154 valence electrons. The number of aryl methyl sites for hydroxylation is 3. The highest BCUT2D eigenvalue weighted by molar-refractivity contribution is 5.84. The standard InChI is InChI=1S/C25H21FN4O/c1-15-23(16(2)31-29-15)19-11-12-21-22(14-19)30(17(3)28-21)25(18-8-5-4-6-9-18)24-20(26)10-7-13-27-24/h4-14,25H,1-3H3/t25-/m1/s1. The largest absolute Gasteiger partial charge is 0.361 e. The lowest BCUT2D eigenvalue weighted by Crippen LogP contribution is -2.16. The molecule has 0 aliphatic heterocycles. The molecule has 0 bridgehead atoms. The zero-order chi connectivity index (χ0) is 21.5. The first kappa shape index (κ1) is 19.2. The summed E-state index contributed by atoms with van der Waals surface area (Å²) in [4.78, 5) is 9.17. The van der Waals surface area contributed by atoms with Crippen molar-refractivity contribution in [2.24, 2.45) is 0 Å². The minimum absolute atomic E-state index is 0.348. The molecular weight excluding hydrogens is 391 g/mol. The zero-order valence-electron chi connectivity index (χ0n) is 17.5. The predicted octanol–water partition coefficient (Wildman–Crippen LogP) is 5.79. The van der Waals surface area contributed by atoms with Gasteiger partial charge in [-0.3, -0.25) is 4.98 Å². The van der Waals surface area contributed by atoms with Gasteiger partial charge in [0.2, 0.25) is 0 Å². The van der Waals surface area contributed by atoms with Crippen molar-refractivity contribution in [1.29, 1.82) is 0 Å². The van der Waals surface area contributed by atoms with Gasteiger partial charge in [-0.2, -0.15) is 0 Å². The highest BCUT2D eigenvalue weighted by Crippen LogP contribution is 2.35. The summed E-state index contributed by atoms with van der Waals surface area (Å²) in [5.41, 5.74) is 5.81. The fourth-order valence-corrected chi connectivity index (χ4v) is 4.25. The molecule has 3 heterocycles. The topological polar surface area (TPSA) is 56.7 Å². The van der Waals surface area contributed by atoms with Crippen LogP contribution in [0.25, 0.3) is 22.2 Å². The number of hydrogen-bond donors (Lipinski definition) is 0.